The van der Waals surface area contributed by atoms with E-state index >= 15 is 0 Å². The van der Waals surface area contributed by atoms with Gasteiger partial charge in [-0.25, -0.2) is 0 Å². The Hall–Kier alpha value is -1.18. The van der Waals surface area contributed by atoms with Crippen LogP contribution in [-0.4, -0.2) is 19.6 Å². The number of hydrogen-bond acceptors (Lipinski definition) is 2. The molecule has 1 N–H and O–H groups in total. The van der Waals surface area contributed by atoms with Crippen molar-refractivity contribution in [1.29, 1.82) is 0 Å². The molecule has 17 heavy (non-hydrogen) atoms. The van der Waals surface area contributed by atoms with Crippen LogP contribution in [0.15, 0.2) is 18.2 Å². The Balaban J connectivity index is 2.24. The molecule has 0 aromatic heterocycles. The molecule has 2 heteroatoms. The van der Waals surface area contributed by atoms with Gasteiger partial charge in [0.1, 0.15) is 0 Å². The van der Waals surface area contributed by atoms with Crippen LogP contribution in [0.1, 0.15) is 32.8 Å². The lowest BCUT2D eigenvalue weighted by atomic mass is 10.00. The maximum atomic E-state index is 3.40. The van der Waals surface area contributed by atoms with Gasteiger partial charge in [-0.15, -0.1) is 0 Å². The Kier molecular flexibility index (Phi) is 3.93. The fourth-order valence-electron chi connectivity index (χ4n) is 2.59. The average molecular weight is 232 g/mol. The summed E-state index contributed by atoms with van der Waals surface area (Å²) in [5, 5.41) is 3.40. The first-order valence-electron chi connectivity index (χ1n) is 6.82. The fraction of sp³-hybridized carbons (Fsp3) is 0.600. The highest BCUT2D eigenvalue weighted by molar-refractivity contribution is 5.64. The van der Waals surface area contributed by atoms with Crippen LogP contribution >= 0.6 is 0 Å². The summed E-state index contributed by atoms with van der Waals surface area (Å²) in [5.74, 6) is 0.726. The largest absolute Gasteiger partial charge is 0.385 e. The molecule has 0 aliphatic carbocycles. The third-order valence-electron chi connectivity index (χ3n) is 3.27. The zero-order valence-corrected chi connectivity index (χ0v) is 11.3. The molecule has 2 nitrogen and oxygen atoms in total. The molecule has 0 spiro atoms. The topological polar surface area (TPSA) is 15.3 Å². The standard InChI is InChI=1S/C15H24N2/c1-4-16-14-8-7-13-6-5-9-17(11-12(2)3)15(13)10-14/h7-8,10,12,16H,4-6,9,11H2,1-3H3. The van der Waals surface area contributed by atoms with Gasteiger partial charge in [0.15, 0.2) is 0 Å². The molecule has 94 valence electrons. The van der Waals surface area contributed by atoms with E-state index in [1.165, 1.54) is 42.9 Å². The van der Waals surface area contributed by atoms with Gasteiger partial charge in [0.05, 0.1) is 0 Å². The summed E-state index contributed by atoms with van der Waals surface area (Å²) in [6.45, 7) is 10.1. The van der Waals surface area contributed by atoms with Gasteiger partial charge in [-0.05, 0) is 43.4 Å². The molecule has 0 unspecified atom stereocenters. The number of rotatable bonds is 4. The molecule has 1 aliphatic rings. The van der Waals surface area contributed by atoms with Crippen LogP contribution in [0.3, 0.4) is 0 Å². The Labute approximate surface area is 105 Å². The zero-order valence-electron chi connectivity index (χ0n) is 11.3. The summed E-state index contributed by atoms with van der Waals surface area (Å²) in [6, 6.07) is 6.82. The molecule has 1 aromatic carbocycles. The molecular weight excluding hydrogens is 208 g/mol. The number of nitrogens with zero attached hydrogens (tertiary/aromatic N) is 1. The van der Waals surface area contributed by atoms with Crippen molar-refractivity contribution in [3.05, 3.63) is 23.8 Å². The van der Waals surface area contributed by atoms with E-state index in [0.29, 0.717) is 0 Å². The van der Waals surface area contributed by atoms with Crippen molar-refractivity contribution in [2.75, 3.05) is 29.9 Å². The number of anilines is 2. The number of hydrogen-bond donors (Lipinski definition) is 1. The van der Waals surface area contributed by atoms with E-state index in [0.717, 1.165) is 12.5 Å². The Morgan fingerprint density at radius 1 is 1.35 bits per heavy atom. The van der Waals surface area contributed by atoms with Gasteiger partial charge in [0.2, 0.25) is 0 Å². The predicted molar refractivity (Wildman–Crippen MR) is 76.0 cm³/mol. The Morgan fingerprint density at radius 3 is 2.88 bits per heavy atom. The molecule has 1 heterocycles. The zero-order chi connectivity index (χ0) is 12.3. The van der Waals surface area contributed by atoms with Gasteiger partial charge in [-0.1, -0.05) is 19.9 Å². The van der Waals surface area contributed by atoms with Crippen molar-refractivity contribution in [3.63, 3.8) is 0 Å². The van der Waals surface area contributed by atoms with Crippen molar-refractivity contribution in [2.24, 2.45) is 5.92 Å². The normalized spacial score (nSPS) is 14.9. The van der Waals surface area contributed by atoms with Crippen molar-refractivity contribution in [2.45, 2.75) is 33.6 Å². The monoisotopic (exact) mass is 232 g/mol. The minimum absolute atomic E-state index is 0.726. The Bertz CT molecular complexity index is 371. The van der Waals surface area contributed by atoms with Gasteiger partial charge in [0.25, 0.3) is 0 Å². The maximum Gasteiger partial charge on any atom is 0.0419 e. The highest BCUT2D eigenvalue weighted by atomic mass is 15.1. The molecule has 0 saturated heterocycles. The van der Waals surface area contributed by atoms with Crippen LogP contribution in [0.5, 0.6) is 0 Å². The molecule has 0 saturated carbocycles. The second-order valence-electron chi connectivity index (χ2n) is 5.32. The van der Waals surface area contributed by atoms with E-state index < -0.39 is 0 Å². The van der Waals surface area contributed by atoms with E-state index in [4.69, 9.17) is 0 Å². The number of benzene rings is 1. The lowest BCUT2D eigenvalue weighted by Gasteiger charge is -2.33. The highest BCUT2D eigenvalue weighted by Crippen LogP contribution is 2.30. The minimum Gasteiger partial charge on any atom is -0.385 e. The van der Waals surface area contributed by atoms with Crippen molar-refractivity contribution in [3.8, 4) is 0 Å². The second kappa shape index (κ2) is 5.44. The van der Waals surface area contributed by atoms with Crippen molar-refractivity contribution in [1.82, 2.24) is 0 Å². The van der Waals surface area contributed by atoms with Gasteiger partial charge in [0, 0.05) is 31.0 Å². The van der Waals surface area contributed by atoms with E-state index in [-0.39, 0.29) is 0 Å². The number of nitrogens with one attached hydrogen (secondary N) is 1. The van der Waals surface area contributed by atoms with Crippen LogP contribution in [0.2, 0.25) is 0 Å². The summed E-state index contributed by atoms with van der Waals surface area (Å²) in [6.07, 6.45) is 2.52. The summed E-state index contributed by atoms with van der Waals surface area (Å²) in [7, 11) is 0. The SMILES string of the molecule is CCNc1ccc2c(c1)N(CC(C)C)CCC2. The van der Waals surface area contributed by atoms with E-state index in [9.17, 15) is 0 Å². The molecule has 0 atom stereocenters. The quantitative estimate of drug-likeness (QED) is 0.854. The lowest BCUT2D eigenvalue weighted by Crippen LogP contribution is -2.32. The summed E-state index contributed by atoms with van der Waals surface area (Å²) >= 11 is 0. The second-order valence-corrected chi connectivity index (χ2v) is 5.32. The highest BCUT2D eigenvalue weighted by Gasteiger charge is 2.17. The molecule has 0 bridgehead atoms. The number of aryl methyl sites for hydroxylation is 1. The first-order chi connectivity index (χ1) is 8.20. The van der Waals surface area contributed by atoms with Crippen LogP contribution in [0.25, 0.3) is 0 Å². The molecule has 0 fully saturated rings. The molecule has 0 amide bonds. The average Bonchev–Trinajstić information content (AvgIpc) is 2.29. The summed E-state index contributed by atoms with van der Waals surface area (Å²) < 4.78 is 0. The van der Waals surface area contributed by atoms with Gasteiger partial charge < -0.3 is 10.2 Å². The first-order valence-corrected chi connectivity index (χ1v) is 6.82. The van der Waals surface area contributed by atoms with Gasteiger partial charge >= 0.3 is 0 Å². The lowest BCUT2D eigenvalue weighted by molar-refractivity contribution is 0.585. The first kappa shape index (κ1) is 12.3. The van der Waals surface area contributed by atoms with Crippen LogP contribution in [0.4, 0.5) is 11.4 Å². The fourth-order valence-corrected chi connectivity index (χ4v) is 2.59. The molecule has 1 aliphatic heterocycles. The van der Waals surface area contributed by atoms with Crippen LogP contribution in [0, 0.1) is 5.92 Å². The van der Waals surface area contributed by atoms with E-state index in [1.807, 2.05) is 0 Å². The van der Waals surface area contributed by atoms with E-state index in [1.54, 1.807) is 0 Å². The molecule has 1 aromatic rings. The third kappa shape index (κ3) is 2.93. The van der Waals surface area contributed by atoms with Crippen LogP contribution in [-0.2, 0) is 6.42 Å². The minimum atomic E-state index is 0.726. The predicted octanol–water partition coefficient (Wildman–Crippen LogP) is 3.53. The summed E-state index contributed by atoms with van der Waals surface area (Å²) in [4.78, 5) is 2.55. The van der Waals surface area contributed by atoms with E-state index in [2.05, 4.69) is 49.2 Å². The molecule has 2 rings (SSSR count). The summed E-state index contributed by atoms with van der Waals surface area (Å²) in [5.41, 5.74) is 4.21. The number of fused-ring (bicyclic) bond motifs is 1. The van der Waals surface area contributed by atoms with Crippen molar-refractivity contribution >= 4 is 11.4 Å². The van der Waals surface area contributed by atoms with Gasteiger partial charge in [-0.3, -0.25) is 0 Å². The Morgan fingerprint density at radius 2 is 2.18 bits per heavy atom. The van der Waals surface area contributed by atoms with Crippen molar-refractivity contribution < 1.29 is 0 Å². The third-order valence-corrected chi connectivity index (χ3v) is 3.27. The van der Waals surface area contributed by atoms with Crippen LogP contribution < -0.4 is 10.2 Å². The maximum absolute atomic E-state index is 3.40. The smallest absolute Gasteiger partial charge is 0.0419 e. The molecule has 0 radical (unpaired) electrons. The molecular formula is C15H24N2. The van der Waals surface area contributed by atoms with Gasteiger partial charge in [-0.2, -0.15) is 0 Å².